The van der Waals surface area contributed by atoms with Crippen molar-refractivity contribution in [1.29, 1.82) is 0 Å². The Kier molecular flexibility index (Phi) is 5.17. The number of carbonyl (C=O) groups excluding carboxylic acids is 1. The Labute approximate surface area is 161 Å². The number of piperazine rings is 1. The largest absolute Gasteiger partial charge is 0.495 e. The Hall–Kier alpha value is -2.71. The first-order chi connectivity index (χ1) is 13.2. The van der Waals surface area contributed by atoms with E-state index in [9.17, 15) is 4.79 Å². The van der Waals surface area contributed by atoms with E-state index in [-0.39, 0.29) is 5.91 Å². The number of hydrogen-bond acceptors (Lipinski definition) is 7. The molecule has 4 rings (SSSR count). The highest BCUT2D eigenvalue weighted by atomic mass is 32.1. The van der Waals surface area contributed by atoms with Gasteiger partial charge >= 0.3 is 0 Å². The van der Waals surface area contributed by atoms with Crippen LogP contribution in [0.25, 0.3) is 11.0 Å². The van der Waals surface area contributed by atoms with E-state index in [4.69, 9.17) is 4.74 Å². The lowest BCUT2D eigenvalue weighted by Gasteiger charge is -2.36. The van der Waals surface area contributed by atoms with Gasteiger partial charge in [-0.2, -0.15) is 8.75 Å². The summed E-state index contributed by atoms with van der Waals surface area (Å²) in [6.45, 7) is 3.78. The maximum Gasteiger partial charge on any atom is 0.238 e. The summed E-state index contributed by atoms with van der Waals surface area (Å²) >= 11 is 1.18. The Morgan fingerprint density at radius 1 is 1.11 bits per heavy atom. The predicted octanol–water partition coefficient (Wildman–Crippen LogP) is 2.46. The Morgan fingerprint density at radius 2 is 1.89 bits per heavy atom. The van der Waals surface area contributed by atoms with Crippen LogP contribution in [0.1, 0.15) is 0 Å². The molecule has 7 nitrogen and oxygen atoms in total. The van der Waals surface area contributed by atoms with Gasteiger partial charge < -0.3 is 15.0 Å². The summed E-state index contributed by atoms with van der Waals surface area (Å²) in [5.41, 5.74) is 3.52. The average Bonchev–Trinajstić information content (AvgIpc) is 3.16. The van der Waals surface area contributed by atoms with Gasteiger partial charge in [0.1, 0.15) is 16.8 Å². The molecule has 2 aromatic carbocycles. The summed E-state index contributed by atoms with van der Waals surface area (Å²) in [5.74, 6) is 0.874. The number of amides is 1. The molecule has 1 amide bonds. The molecule has 2 heterocycles. The summed E-state index contributed by atoms with van der Waals surface area (Å²) in [6.07, 6.45) is 0. The van der Waals surface area contributed by atoms with Crippen molar-refractivity contribution in [3.63, 3.8) is 0 Å². The van der Waals surface area contributed by atoms with Crippen LogP contribution >= 0.6 is 11.7 Å². The van der Waals surface area contributed by atoms with Crippen LogP contribution in [0, 0.1) is 0 Å². The van der Waals surface area contributed by atoms with Crippen LogP contribution in [0.2, 0.25) is 0 Å². The number of anilines is 2. The molecule has 0 radical (unpaired) electrons. The fourth-order valence-electron chi connectivity index (χ4n) is 3.30. The smallest absolute Gasteiger partial charge is 0.238 e. The fourth-order valence-corrected chi connectivity index (χ4v) is 3.82. The molecule has 1 aromatic heterocycles. The molecule has 1 N–H and O–H groups in total. The van der Waals surface area contributed by atoms with E-state index in [1.807, 2.05) is 36.4 Å². The van der Waals surface area contributed by atoms with Crippen LogP contribution < -0.4 is 15.0 Å². The lowest BCUT2D eigenvalue weighted by molar-refractivity contribution is -0.117. The predicted molar refractivity (Wildman–Crippen MR) is 108 cm³/mol. The number of hydrogen-bond donors (Lipinski definition) is 1. The zero-order valence-corrected chi connectivity index (χ0v) is 15.9. The number of rotatable bonds is 5. The van der Waals surface area contributed by atoms with E-state index >= 15 is 0 Å². The van der Waals surface area contributed by atoms with Crippen LogP contribution in [-0.4, -0.2) is 59.4 Å². The van der Waals surface area contributed by atoms with Gasteiger partial charge in [-0.25, -0.2) is 0 Å². The van der Waals surface area contributed by atoms with Crippen molar-refractivity contribution < 1.29 is 9.53 Å². The summed E-state index contributed by atoms with van der Waals surface area (Å²) in [5, 5.41) is 2.95. The summed E-state index contributed by atoms with van der Waals surface area (Å²) in [4.78, 5) is 16.9. The van der Waals surface area contributed by atoms with Gasteiger partial charge in [-0.1, -0.05) is 12.1 Å². The Balaban J connectivity index is 1.31. The number of ether oxygens (including phenoxy) is 1. The van der Waals surface area contributed by atoms with Gasteiger partial charge in [0.2, 0.25) is 5.91 Å². The minimum atomic E-state index is -0.0109. The molecule has 0 aliphatic carbocycles. The molecule has 8 heteroatoms. The van der Waals surface area contributed by atoms with Gasteiger partial charge in [0, 0.05) is 31.9 Å². The monoisotopic (exact) mass is 383 g/mol. The van der Waals surface area contributed by atoms with Crippen LogP contribution in [0.4, 0.5) is 11.4 Å². The van der Waals surface area contributed by atoms with E-state index in [1.54, 1.807) is 7.11 Å². The maximum atomic E-state index is 12.4. The minimum absolute atomic E-state index is 0.0109. The number of nitrogens with zero attached hydrogens (tertiary/aromatic N) is 4. The lowest BCUT2D eigenvalue weighted by atomic mass is 10.2. The first-order valence-corrected chi connectivity index (χ1v) is 9.58. The maximum absolute atomic E-state index is 12.4. The van der Waals surface area contributed by atoms with Crippen LogP contribution in [0.3, 0.4) is 0 Å². The van der Waals surface area contributed by atoms with Crippen LogP contribution in [-0.2, 0) is 4.79 Å². The molecule has 0 saturated carbocycles. The molecule has 1 aliphatic heterocycles. The minimum Gasteiger partial charge on any atom is -0.495 e. The molecule has 3 aromatic rings. The second-order valence-corrected chi connectivity index (χ2v) is 6.98. The molecule has 27 heavy (non-hydrogen) atoms. The van der Waals surface area contributed by atoms with Gasteiger partial charge in [0.15, 0.2) is 0 Å². The quantitative estimate of drug-likeness (QED) is 0.730. The van der Waals surface area contributed by atoms with E-state index in [0.29, 0.717) is 6.54 Å². The fraction of sp³-hybridized carbons (Fsp3) is 0.316. The number of methoxy groups -OCH3 is 1. The molecule has 1 aliphatic rings. The van der Waals surface area contributed by atoms with Crippen molar-refractivity contribution in [1.82, 2.24) is 13.6 Å². The molecule has 0 spiro atoms. The summed E-state index contributed by atoms with van der Waals surface area (Å²) in [6, 6.07) is 13.6. The van der Waals surface area contributed by atoms with E-state index in [1.165, 1.54) is 11.7 Å². The van der Waals surface area contributed by atoms with Gasteiger partial charge in [0.05, 0.1) is 31.1 Å². The number of aromatic nitrogens is 2. The van der Waals surface area contributed by atoms with Crippen molar-refractivity contribution in [3.8, 4) is 5.75 Å². The van der Waals surface area contributed by atoms with Crippen LogP contribution in [0.5, 0.6) is 5.75 Å². The highest BCUT2D eigenvalue weighted by molar-refractivity contribution is 7.00. The van der Waals surface area contributed by atoms with Gasteiger partial charge in [-0.3, -0.25) is 9.69 Å². The van der Waals surface area contributed by atoms with Crippen molar-refractivity contribution in [2.45, 2.75) is 0 Å². The molecule has 0 atom stereocenters. The second-order valence-electron chi connectivity index (χ2n) is 6.45. The molecule has 1 saturated heterocycles. The standard InChI is InChI=1S/C19H21N5O2S/c1-26-18-5-3-2-4-17(18)24-10-8-23(9-11-24)13-19(25)20-14-6-7-15-16(12-14)22-27-21-15/h2-7,12H,8-11,13H2,1H3,(H,20,25). The average molecular weight is 383 g/mol. The zero-order chi connectivity index (χ0) is 18.6. The van der Waals surface area contributed by atoms with Crippen molar-refractivity contribution in [3.05, 3.63) is 42.5 Å². The van der Waals surface area contributed by atoms with Crippen molar-refractivity contribution >= 4 is 40.0 Å². The first-order valence-electron chi connectivity index (χ1n) is 8.85. The molecular weight excluding hydrogens is 362 g/mol. The molecular formula is C19H21N5O2S. The third-order valence-electron chi connectivity index (χ3n) is 4.70. The van der Waals surface area contributed by atoms with Gasteiger partial charge in [0.25, 0.3) is 0 Å². The number of para-hydroxylation sites is 2. The molecule has 0 unspecified atom stereocenters. The van der Waals surface area contributed by atoms with Crippen LogP contribution in [0.15, 0.2) is 42.5 Å². The van der Waals surface area contributed by atoms with E-state index < -0.39 is 0 Å². The van der Waals surface area contributed by atoms with E-state index in [0.717, 1.165) is 54.3 Å². The lowest BCUT2D eigenvalue weighted by Crippen LogP contribution is -2.48. The molecule has 0 bridgehead atoms. The highest BCUT2D eigenvalue weighted by Gasteiger charge is 2.21. The van der Waals surface area contributed by atoms with E-state index in [2.05, 4.69) is 29.9 Å². The summed E-state index contributed by atoms with van der Waals surface area (Å²) < 4.78 is 13.8. The number of fused-ring (bicyclic) bond motifs is 1. The van der Waals surface area contributed by atoms with Crippen molar-refractivity contribution in [2.24, 2.45) is 0 Å². The highest BCUT2D eigenvalue weighted by Crippen LogP contribution is 2.28. The SMILES string of the molecule is COc1ccccc1N1CCN(CC(=O)Nc2ccc3nsnc3c2)CC1. The number of carbonyl (C=O) groups is 1. The first kappa shape index (κ1) is 17.7. The normalized spacial score (nSPS) is 15.1. The summed E-state index contributed by atoms with van der Waals surface area (Å²) in [7, 11) is 1.69. The zero-order valence-electron chi connectivity index (χ0n) is 15.1. The third kappa shape index (κ3) is 4.01. The topological polar surface area (TPSA) is 70.6 Å². The third-order valence-corrected chi connectivity index (χ3v) is 5.26. The second kappa shape index (κ2) is 7.89. The molecule has 1 fully saturated rings. The number of benzene rings is 2. The Morgan fingerprint density at radius 3 is 2.70 bits per heavy atom. The van der Waals surface area contributed by atoms with Gasteiger partial charge in [-0.15, -0.1) is 0 Å². The van der Waals surface area contributed by atoms with Crippen molar-refractivity contribution in [2.75, 3.05) is 50.1 Å². The molecule has 140 valence electrons. The Bertz CT molecular complexity index is 937. The number of nitrogens with one attached hydrogen (secondary N) is 1. The van der Waals surface area contributed by atoms with Gasteiger partial charge in [-0.05, 0) is 30.3 Å².